The van der Waals surface area contributed by atoms with E-state index in [0.717, 1.165) is 19.3 Å². The largest absolute Gasteiger partial charge is 0.396 e. The maximum absolute atomic E-state index is 8.29. The third-order valence-electron chi connectivity index (χ3n) is 2.77. The highest BCUT2D eigenvalue weighted by atomic mass is 16.5. The molecule has 18 heavy (non-hydrogen) atoms. The molecule has 0 aliphatic carbocycles. The number of unbranched alkanes of at least 4 members (excludes halogenated alkanes) is 3. The average molecular weight is 256 g/mol. The zero-order valence-corrected chi connectivity index (χ0v) is 12.2. The molecule has 0 spiro atoms. The van der Waals surface area contributed by atoms with Crippen LogP contribution in [0.5, 0.6) is 0 Å². The zero-order valence-electron chi connectivity index (χ0n) is 12.2. The normalized spacial score (nSPS) is 22.9. The molecule has 1 N–H and O–H groups in total. The van der Waals surface area contributed by atoms with Gasteiger partial charge in [-0.05, 0) is 33.1 Å². The molecule has 0 aromatic carbocycles. The fraction of sp³-hybridized carbons (Fsp3) is 1.00. The summed E-state index contributed by atoms with van der Waals surface area (Å²) in [6.07, 6.45) is 7.20. The van der Waals surface area contributed by atoms with Crippen LogP contribution in [0.2, 0.25) is 0 Å². The van der Waals surface area contributed by atoms with Crippen LogP contribution in [0, 0.1) is 0 Å². The Morgan fingerprint density at radius 1 is 1.28 bits per heavy atom. The van der Waals surface area contributed by atoms with Crippen molar-refractivity contribution >= 4 is 7.85 Å². The van der Waals surface area contributed by atoms with E-state index in [9.17, 15) is 0 Å². The summed E-state index contributed by atoms with van der Waals surface area (Å²) < 4.78 is 10.8. The minimum Gasteiger partial charge on any atom is -0.396 e. The third kappa shape index (κ3) is 11.1. The van der Waals surface area contributed by atoms with E-state index in [2.05, 4.69) is 6.92 Å². The van der Waals surface area contributed by atoms with Gasteiger partial charge in [0.15, 0.2) is 0 Å². The first-order valence-corrected chi connectivity index (χ1v) is 7.23. The van der Waals surface area contributed by atoms with E-state index in [4.69, 9.17) is 22.4 Å². The molecule has 0 bridgehead atoms. The van der Waals surface area contributed by atoms with E-state index in [1.807, 2.05) is 13.8 Å². The van der Waals surface area contributed by atoms with E-state index in [1.165, 1.54) is 19.3 Å². The van der Waals surface area contributed by atoms with Crippen molar-refractivity contribution in [1.82, 2.24) is 0 Å². The molecule has 2 radical (unpaired) electrons. The van der Waals surface area contributed by atoms with Crippen molar-refractivity contribution in [3.63, 3.8) is 0 Å². The van der Waals surface area contributed by atoms with Gasteiger partial charge < -0.3 is 14.6 Å². The molecule has 0 saturated carbocycles. The monoisotopic (exact) mass is 256 g/mol. The number of ether oxygens (including phenoxy) is 2. The molecule has 106 valence electrons. The molecular formula is C14H29BO3. The number of hydrogen-bond donors (Lipinski definition) is 1. The highest BCUT2D eigenvalue weighted by molar-refractivity contribution is 6.11. The first-order valence-electron chi connectivity index (χ1n) is 7.23. The molecule has 1 aliphatic rings. The van der Waals surface area contributed by atoms with Gasteiger partial charge in [-0.1, -0.05) is 26.2 Å². The standard InChI is InChI=1S/C8H15BO2.C6H14O/c1-6(2)10-5-7-3-4-8(9)11-7;1-2-3-4-5-6-7/h6-8H,3-5H2,1-2H3;7H,2-6H2,1H3. The van der Waals surface area contributed by atoms with Crippen LogP contribution in [0.3, 0.4) is 0 Å². The number of aliphatic hydroxyl groups is 1. The molecule has 1 heterocycles. The Morgan fingerprint density at radius 3 is 2.44 bits per heavy atom. The second kappa shape index (κ2) is 12.0. The lowest BCUT2D eigenvalue weighted by Gasteiger charge is -2.13. The first-order chi connectivity index (χ1) is 8.60. The van der Waals surface area contributed by atoms with Crippen molar-refractivity contribution in [3.8, 4) is 0 Å². The van der Waals surface area contributed by atoms with E-state index < -0.39 is 0 Å². The molecule has 0 aromatic rings. The number of hydrogen-bond acceptors (Lipinski definition) is 3. The second-order valence-electron chi connectivity index (χ2n) is 5.04. The molecule has 1 rings (SSSR count). The summed E-state index contributed by atoms with van der Waals surface area (Å²) in [5.41, 5.74) is 0. The summed E-state index contributed by atoms with van der Waals surface area (Å²) in [7, 11) is 5.55. The van der Waals surface area contributed by atoms with Gasteiger partial charge in [-0.3, -0.25) is 0 Å². The summed E-state index contributed by atoms with van der Waals surface area (Å²) >= 11 is 0. The molecule has 0 amide bonds. The lowest BCUT2D eigenvalue weighted by molar-refractivity contribution is -0.0154. The molecule has 3 nitrogen and oxygen atoms in total. The van der Waals surface area contributed by atoms with Crippen LogP contribution < -0.4 is 0 Å². The third-order valence-corrected chi connectivity index (χ3v) is 2.77. The summed E-state index contributed by atoms with van der Waals surface area (Å²) in [6, 6.07) is -0.0595. The van der Waals surface area contributed by atoms with Crippen LogP contribution in [0.1, 0.15) is 59.3 Å². The zero-order chi connectivity index (χ0) is 13.8. The second-order valence-corrected chi connectivity index (χ2v) is 5.04. The molecule has 2 unspecified atom stereocenters. The fourth-order valence-electron chi connectivity index (χ4n) is 1.69. The fourth-order valence-corrected chi connectivity index (χ4v) is 1.69. The Labute approximate surface area is 114 Å². The topological polar surface area (TPSA) is 38.7 Å². The van der Waals surface area contributed by atoms with E-state index in [0.29, 0.717) is 13.2 Å². The van der Waals surface area contributed by atoms with Crippen molar-refractivity contribution in [3.05, 3.63) is 0 Å². The lowest BCUT2D eigenvalue weighted by atomic mass is 9.97. The van der Waals surface area contributed by atoms with Crippen LogP contribution in [0.15, 0.2) is 0 Å². The van der Waals surface area contributed by atoms with Crippen LogP contribution >= 0.6 is 0 Å². The van der Waals surface area contributed by atoms with E-state index >= 15 is 0 Å². The summed E-state index contributed by atoms with van der Waals surface area (Å²) in [4.78, 5) is 0. The number of rotatable bonds is 7. The molecular weight excluding hydrogens is 227 g/mol. The Balaban J connectivity index is 0.000000360. The van der Waals surface area contributed by atoms with Crippen LogP contribution in [0.25, 0.3) is 0 Å². The van der Waals surface area contributed by atoms with Crippen molar-refractivity contribution in [2.24, 2.45) is 0 Å². The Bertz CT molecular complexity index is 172. The average Bonchev–Trinajstić information content (AvgIpc) is 2.74. The van der Waals surface area contributed by atoms with Crippen molar-refractivity contribution in [2.75, 3.05) is 13.2 Å². The van der Waals surface area contributed by atoms with Gasteiger partial charge in [0.2, 0.25) is 0 Å². The van der Waals surface area contributed by atoms with Gasteiger partial charge in [0.05, 0.1) is 18.8 Å². The van der Waals surface area contributed by atoms with Gasteiger partial charge in [0.1, 0.15) is 7.85 Å². The maximum atomic E-state index is 8.29. The lowest BCUT2D eigenvalue weighted by Crippen LogP contribution is -2.19. The van der Waals surface area contributed by atoms with E-state index in [-0.39, 0.29) is 18.2 Å². The minimum absolute atomic E-state index is 0.0595. The molecule has 1 aliphatic heterocycles. The molecule has 4 heteroatoms. The number of aliphatic hydroxyl groups excluding tert-OH is 1. The highest BCUT2D eigenvalue weighted by Gasteiger charge is 2.21. The van der Waals surface area contributed by atoms with Crippen LogP contribution in [-0.4, -0.2) is 44.4 Å². The Morgan fingerprint density at radius 2 is 2.00 bits per heavy atom. The maximum Gasteiger partial charge on any atom is 0.109 e. The van der Waals surface area contributed by atoms with Gasteiger partial charge in [0, 0.05) is 12.6 Å². The van der Waals surface area contributed by atoms with Gasteiger partial charge in [-0.2, -0.15) is 0 Å². The van der Waals surface area contributed by atoms with Crippen LogP contribution in [-0.2, 0) is 9.47 Å². The van der Waals surface area contributed by atoms with Gasteiger partial charge in [-0.25, -0.2) is 0 Å². The summed E-state index contributed by atoms with van der Waals surface area (Å²) in [5.74, 6) is 0. The molecule has 1 saturated heterocycles. The highest BCUT2D eigenvalue weighted by Crippen LogP contribution is 2.17. The van der Waals surface area contributed by atoms with Gasteiger partial charge in [-0.15, -0.1) is 0 Å². The van der Waals surface area contributed by atoms with Crippen molar-refractivity contribution < 1.29 is 14.6 Å². The first kappa shape index (κ1) is 17.9. The Hall–Kier alpha value is -0.0551. The van der Waals surface area contributed by atoms with Gasteiger partial charge in [0.25, 0.3) is 0 Å². The summed E-state index contributed by atoms with van der Waals surface area (Å²) in [6.45, 7) is 7.26. The van der Waals surface area contributed by atoms with Crippen molar-refractivity contribution in [2.45, 2.75) is 77.5 Å². The van der Waals surface area contributed by atoms with Gasteiger partial charge >= 0.3 is 0 Å². The van der Waals surface area contributed by atoms with E-state index in [1.54, 1.807) is 0 Å². The minimum atomic E-state index is -0.0595. The SMILES string of the molecule is CCCCCCO.[B]C1CCC(COC(C)C)O1. The van der Waals surface area contributed by atoms with Crippen LogP contribution in [0.4, 0.5) is 0 Å². The summed E-state index contributed by atoms with van der Waals surface area (Å²) in [5, 5.41) is 8.29. The molecule has 1 fully saturated rings. The molecule has 2 atom stereocenters. The van der Waals surface area contributed by atoms with Crippen molar-refractivity contribution in [1.29, 1.82) is 0 Å². The Kier molecular flexibility index (Phi) is 12.0. The molecule has 0 aromatic heterocycles. The quantitative estimate of drug-likeness (QED) is 0.562. The smallest absolute Gasteiger partial charge is 0.109 e. The predicted octanol–water partition coefficient (Wildman–Crippen LogP) is 2.64. The predicted molar refractivity (Wildman–Crippen MR) is 76.0 cm³/mol.